The van der Waals surface area contributed by atoms with Gasteiger partial charge in [-0.1, -0.05) is 0 Å². The Morgan fingerprint density at radius 2 is 1.94 bits per heavy atom. The SMILES string of the molecule is CC(=O)N1CCCC2(C1)SCCN2C(C)=O. The van der Waals surface area contributed by atoms with Gasteiger partial charge in [-0.2, -0.15) is 0 Å². The van der Waals surface area contributed by atoms with Crippen molar-refractivity contribution in [1.82, 2.24) is 9.80 Å². The number of hydrogen-bond acceptors (Lipinski definition) is 3. The molecule has 2 heterocycles. The van der Waals surface area contributed by atoms with E-state index in [1.54, 1.807) is 13.8 Å². The largest absolute Gasteiger partial charge is 0.340 e. The zero-order valence-corrected chi connectivity index (χ0v) is 10.7. The number of carbonyl (C=O) groups is 2. The number of carbonyl (C=O) groups excluding carboxylic acids is 2. The van der Waals surface area contributed by atoms with Gasteiger partial charge in [0, 0.05) is 32.7 Å². The predicted molar refractivity (Wildman–Crippen MR) is 64.1 cm³/mol. The summed E-state index contributed by atoms with van der Waals surface area (Å²) in [5.41, 5.74) is 0. The van der Waals surface area contributed by atoms with Crippen LogP contribution >= 0.6 is 11.8 Å². The van der Waals surface area contributed by atoms with Crippen LogP contribution in [0.1, 0.15) is 26.7 Å². The fraction of sp³-hybridized carbons (Fsp3) is 0.818. The molecule has 0 saturated carbocycles. The highest BCUT2D eigenvalue weighted by atomic mass is 32.2. The Kier molecular flexibility index (Phi) is 3.15. The van der Waals surface area contributed by atoms with Crippen molar-refractivity contribution in [1.29, 1.82) is 0 Å². The number of likely N-dealkylation sites (tertiary alicyclic amines) is 1. The summed E-state index contributed by atoms with van der Waals surface area (Å²) >= 11 is 1.83. The highest BCUT2D eigenvalue weighted by Gasteiger charge is 2.46. The van der Waals surface area contributed by atoms with Gasteiger partial charge in [0.2, 0.25) is 11.8 Å². The van der Waals surface area contributed by atoms with Gasteiger partial charge in [-0.3, -0.25) is 9.59 Å². The van der Waals surface area contributed by atoms with Crippen molar-refractivity contribution in [2.75, 3.05) is 25.4 Å². The summed E-state index contributed by atoms with van der Waals surface area (Å²) in [4.78, 5) is 26.7. The summed E-state index contributed by atoms with van der Waals surface area (Å²) in [5, 5.41) is 0. The molecule has 2 aliphatic rings. The first kappa shape index (κ1) is 11.8. The molecular formula is C11H18N2O2S. The molecule has 90 valence electrons. The van der Waals surface area contributed by atoms with Crippen LogP contribution in [0.5, 0.6) is 0 Å². The fourth-order valence-corrected chi connectivity index (χ4v) is 4.23. The number of rotatable bonds is 0. The lowest BCUT2D eigenvalue weighted by atomic mass is 10.0. The molecule has 0 aromatic heterocycles. The van der Waals surface area contributed by atoms with E-state index in [2.05, 4.69) is 0 Å². The highest BCUT2D eigenvalue weighted by molar-refractivity contribution is 8.00. The molecule has 1 spiro atoms. The highest BCUT2D eigenvalue weighted by Crippen LogP contribution is 2.42. The van der Waals surface area contributed by atoms with Crippen molar-refractivity contribution in [3.05, 3.63) is 0 Å². The molecule has 0 aliphatic carbocycles. The quantitative estimate of drug-likeness (QED) is 0.634. The summed E-state index contributed by atoms with van der Waals surface area (Å²) < 4.78 is 0. The van der Waals surface area contributed by atoms with Gasteiger partial charge < -0.3 is 9.80 Å². The smallest absolute Gasteiger partial charge is 0.220 e. The zero-order chi connectivity index (χ0) is 11.8. The lowest BCUT2D eigenvalue weighted by Gasteiger charge is -2.44. The number of piperidine rings is 1. The van der Waals surface area contributed by atoms with E-state index in [1.807, 2.05) is 21.6 Å². The van der Waals surface area contributed by atoms with Crippen molar-refractivity contribution in [3.8, 4) is 0 Å². The molecule has 2 amide bonds. The number of hydrogen-bond donors (Lipinski definition) is 0. The van der Waals surface area contributed by atoms with Crippen molar-refractivity contribution < 1.29 is 9.59 Å². The summed E-state index contributed by atoms with van der Waals surface area (Å²) in [6, 6.07) is 0. The second-order valence-corrected chi connectivity index (χ2v) is 5.97. The molecule has 4 nitrogen and oxygen atoms in total. The summed E-state index contributed by atoms with van der Waals surface area (Å²) in [6.07, 6.45) is 2.01. The molecular weight excluding hydrogens is 224 g/mol. The van der Waals surface area contributed by atoms with E-state index in [9.17, 15) is 9.59 Å². The van der Waals surface area contributed by atoms with Gasteiger partial charge in [-0.05, 0) is 12.8 Å². The lowest BCUT2D eigenvalue weighted by Crippen LogP contribution is -2.56. The molecule has 2 saturated heterocycles. The van der Waals surface area contributed by atoms with Crippen LogP contribution in [-0.2, 0) is 9.59 Å². The van der Waals surface area contributed by atoms with Gasteiger partial charge in [-0.25, -0.2) is 0 Å². The Hall–Kier alpha value is -0.710. The van der Waals surface area contributed by atoms with Crippen molar-refractivity contribution in [2.45, 2.75) is 31.6 Å². The Morgan fingerprint density at radius 3 is 2.56 bits per heavy atom. The third kappa shape index (κ3) is 1.93. The van der Waals surface area contributed by atoms with Crippen LogP contribution in [0.3, 0.4) is 0 Å². The molecule has 0 aromatic carbocycles. The fourth-order valence-electron chi connectivity index (χ4n) is 2.66. The van der Waals surface area contributed by atoms with E-state index in [0.717, 1.165) is 31.7 Å². The molecule has 2 fully saturated rings. The Morgan fingerprint density at radius 1 is 1.19 bits per heavy atom. The maximum atomic E-state index is 11.6. The van der Waals surface area contributed by atoms with Gasteiger partial charge in [0.1, 0.15) is 4.87 Å². The Labute approximate surface area is 100 Å². The molecule has 1 atom stereocenters. The van der Waals surface area contributed by atoms with E-state index >= 15 is 0 Å². The third-order valence-corrected chi connectivity index (χ3v) is 4.91. The van der Waals surface area contributed by atoms with Crippen molar-refractivity contribution >= 4 is 23.6 Å². The van der Waals surface area contributed by atoms with Crippen molar-refractivity contribution in [2.24, 2.45) is 0 Å². The van der Waals surface area contributed by atoms with Crippen LogP contribution in [-0.4, -0.2) is 51.9 Å². The lowest BCUT2D eigenvalue weighted by molar-refractivity contribution is -0.137. The first-order chi connectivity index (χ1) is 7.55. The van der Waals surface area contributed by atoms with Gasteiger partial charge in [0.25, 0.3) is 0 Å². The van der Waals surface area contributed by atoms with E-state index in [0.29, 0.717) is 6.54 Å². The van der Waals surface area contributed by atoms with E-state index in [4.69, 9.17) is 0 Å². The molecule has 5 heteroatoms. The molecule has 16 heavy (non-hydrogen) atoms. The minimum Gasteiger partial charge on any atom is -0.340 e. The van der Waals surface area contributed by atoms with Gasteiger partial charge in [0.05, 0.1) is 6.54 Å². The maximum absolute atomic E-state index is 11.6. The van der Waals surface area contributed by atoms with Crippen LogP contribution in [0.4, 0.5) is 0 Å². The average Bonchev–Trinajstić information content (AvgIpc) is 2.61. The van der Waals surface area contributed by atoms with Crippen molar-refractivity contribution in [3.63, 3.8) is 0 Å². The molecule has 1 unspecified atom stereocenters. The molecule has 0 aromatic rings. The summed E-state index contributed by atoms with van der Waals surface area (Å²) in [7, 11) is 0. The minimum absolute atomic E-state index is 0.120. The summed E-state index contributed by atoms with van der Waals surface area (Å²) in [6.45, 7) is 5.60. The van der Waals surface area contributed by atoms with E-state index in [-0.39, 0.29) is 16.7 Å². The summed E-state index contributed by atoms with van der Waals surface area (Å²) in [5.74, 6) is 1.25. The minimum atomic E-state index is -0.129. The Bertz CT molecular complexity index is 321. The number of amides is 2. The van der Waals surface area contributed by atoms with Crippen LogP contribution in [0, 0.1) is 0 Å². The number of thioether (sulfide) groups is 1. The van der Waals surface area contributed by atoms with Crippen LogP contribution < -0.4 is 0 Å². The second kappa shape index (κ2) is 4.28. The van der Waals surface area contributed by atoms with Gasteiger partial charge in [-0.15, -0.1) is 11.8 Å². The second-order valence-electron chi connectivity index (χ2n) is 4.51. The monoisotopic (exact) mass is 242 g/mol. The van der Waals surface area contributed by atoms with Crippen LogP contribution in [0.15, 0.2) is 0 Å². The molecule has 2 aliphatic heterocycles. The van der Waals surface area contributed by atoms with E-state index in [1.165, 1.54) is 0 Å². The first-order valence-corrected chi connectivity index (χ1v) is 6.71. The topological polar surface area (TPSA) is 40.6 Å². The standard InChI is InChI=1S/C11H18N2O2S/c1-9(14)12-5-3-4-11(8-12)13(10(2)15)6-7-16-11/h3-8H2,1-2H3. The molecule has 0 N–H and O–H groups in total. The van der Waals surface area contributed by atoms with Gasteiger partial charge >= 0.3 is 0 Å². The Balaban J connectivity index is 2.17. The normalized spacial score (nSPS) is 29.9. The first-order valence-electron chi connectivity index (χ1n) is 5.73. The molecule has 0 radical (unpaired) electrons. The predicted octanol–water partition coefficient (Wildman–Crippen LogP) is 0.920. The van der Waals surface area contributed by atoms with E-state index < -0.39 is 0 Å². The average molecular weight is 242 g/mol. The van der Waals surface area contributed by atoms with Crippen LogP contribution in [0.2, 0.25) is 0 Å². The third-order valence-electron chi connectivity index (χ3n) is 3.44. The van der Waals surface area contributed by atoms with Gasteiger partial charge in [0.15, 0.2) is 0 Å². The molecule has 2 rings (SSSR count). The maximum Gasteiger partial charge on any atom is 0.220 e. The molecule has 0 bridgehead atoms. The van der Waals surface area contributed by atoms with Crippen LogP contribution in [0.25, 0.3) is 0 Å². The zero-order valence-electron chi connectivity index (χ0n) is 9.86. The number of nitrogens with zero attached hydrogens (tertiary/aromatic N) is 2.